The van der Waals surface area contributed by atoms with E-state index >= 15 is 0 Å². The van der Waals surface area contributed by atoms with Gasteiger partial charge < -0.3 is 10.1 Å². The number of anilines is 1. The van der Waals surface area contributed by atoms with Gasteiger partial charge in [0.15, 0.2) is 0 Å². The fraction of sp³-hybridized carbons (Fsp3) is 0.286. The Hall–Kier alpha value is -2.10. The van der Waals surface area contributed by atoms with Crippen molar-refractivity contribution in [2.24, 2.45) is 0 Å². The summed E-state index contributed by atoms with van der Waals surface area (Å²) in [5.74, 6) is -0.372. The molecule has 0 radical (unpaired) electrons. The van der Waals surface area contributed by atoms with E-state index in [0.717, 1.165) is 11.3 Å². The van der Waals surface area contributed by atoms with E-state index in [4.69, 9.17) is 4.74 Å². The number of ether oxygens (including phenoxy) is 1. The van der Waals surface area contributed by atoms with Crippen LogP contribution in [0.1, 0.15) is 18.4 Å². The highest BCUT2D eigenvalue weighted by atomic mass is 16.5. The van der Waals surface area contributed by atoms with Crippen LogP contribution in [0.2, 0.25) is 0 Å². The van der Waals surface area contributed by atoms with Crippen molar-refractivity contribution in [3.8, 4) is 0 Å². The molecule has 92 valence electrons. The number of hydrogen-bond donors (Lipinski definition) is 1. The first-order valence-corrected chi connectivity index (χ1v) is 5.86. The molecular formula is C14H13NO3. The summed E-state index contributed by atoms with van der Waals surface area (Å²) in [5, 5.41) is 2.88. The highest BCUT2D eigenvalue weighted by Gasteiger charge is 2.49. The SMILES string of the molecule is COC(=O)C1=CC[C@@]2(C1)C(=O)Nc1ccccc12. The van der Waals surface area contributed by atoms with Crippen LogP contribution in [0.5, 0.6) is 0 Å². The normalized spacial score (nSPS) is 24.7. The molecule has 1 aliphatic heterocycles. The number of carbonyl (C=O) groups excluding carboxylic acids is 2. The molecule has 0 saturated carbocycles. The summed E-state index contributed by atoms with van der Waals surface area (Å²) in [6.07, 6.45) is 2.79. The van der Waals surface area contributed by atoms with E-state index in [2.05, 4.69) is 5.32 Å². The standard InChI is InChI=1S/C14H13NO3/c1-18-12(16)9-6-7-14(8-9)10-4-2-3-5-11(10)15-13(14)17/h2-6H,7-8H2,1H3,(H,15,17)/t14-/m0/s1. The molecule has 2 aliphatic rings. The van der Waals surface area contributed by atoms with Crippen molar-refractivity contribution < 1.29 is 14.3 Å². The van der Waals surface area contributed by atoms with Crippen molar-refractivity contribution in [2.75, 3.05) is 12.4 Å². The van der Waals surface area contributed by atoms with E-state index in [-0.39, 0.29) is 11.9 Å². The number of benzene rings is 1. The Morgan fingerprint density at radius 2 is 2.17 bits per heavy atom. The van der Waals surface area contributed by atoms with Crippen molar-refractivity contribution in [2.45, 2.75) is 18.3 Å². The third-order valence-corrected chi connectivity index (χ3v) is 3.76. The van der Waals surface area contributed by atoms with Gasteiger partial charge in [0.25, 0.3) is 0 Å². The Balaban J connectivity index is 2.00. The number of fused-ring (bicyclic) bond motifs is 2. The zero-order chi connectivity index (χ0) is 12.8. The summed E-state index contributed by atoms with van der Waals surface area (Å²) < 4.78 is 4.72. The van der Waals surface area contributed by atoms with Crippen molar-refractivity contribution in [3.63, 3.8) is 0 Å². The number of nitrogens with one attached hydrogen (secondary N) is 1. The second-order valence-electron chi connectivity index (χ2n) is 4.68. The van der Waals surface area contributed by atoms with Crippen LogP contribution in [0.15, 0.2) is 35.9 Å². The summed E-state index contributed by atoms with van der Waals surface area (Å²) in [6, 6.07) is 7.64. The quantitative estimate of drug-likeness (QED) is 0.765. The Labute approximate surface area is 105 Å². The predicted octanol–water partition coefficient (Wildman–Crippen LogP) is 1.77. The Bertz CT molecular complexity index is 576. The van der Waals surface area contributed by atoms with E-state index in [1.54, 1.807) is 0 Å². The lowest BCUT2D eigenvalue weighted by Crippen LogP contribution is -2.32. The monoisotopic (exact) mass is 243 g/mol. The van der Waals surface area contributed by atoms with Gasteiger partial charge in [-0.05, 0) is 24.5 Å². The van der Waals surface area contributed by atoms with Crippen LogP contribution in [0.3, 0.4) is 0 Å². The maximum absolute atomic E-state index is 12.2. The van der Waals surface area contributed by atoms with Gasteiger partial charge in [0.1, 0.15) is 0 Å². The van der Waals surface area contributed by atoms with E-state index in [1.807, 2.05) is 30.3 Å². The molecule has 4 nitrogen and oxygen atoms in total. The van der Waals surface area contributed by atoms with Gasteiger partial charge in [-0.15, -0.1) is 0 Å². The van der Waals surface area contributed by atoms with Crippen molar-refractivity contribution in [1.29, 1.82) is 0 Å². The Morgan fingerprint density at radius 3 is 2.94 bits per heavy atom. The number of para-hydroxylation sites is 1. The van der Waals surface area contributed by atoms with Crippen LogP contribution in [0.4, 0.5) is 5.69 Å². The molecule has 1 aliphatic carbocycles. The average Bonchev–Trinajstić information content (AvgIpc) is 2.94. The topological polar surface area (TPSA) is 55.4 Å². The van der Waals surface area contributed by atoms with Crippen molar-refractivity contribution >= 4 is 17.6 Å². The van der Waals surface area contributed by atoms with Gasteiger partial charge in [-0.2, -0.15) is 0 Å². The molecule has 0 saturated heterocycles. The molecule has 1 aromatic rings. The highest BCUT2D eigenvalue weighted by molar-refractivity contribution is 6.08. The number of allylic oxidation sites excluding steroid dienone is 1. The summed E-state index contributed by atoms with van der Waals surface area (Å²) in [6.45, 7) is 0. The molecule has 1 heterocycles. The summed E-state index contributed by atoms with van der Waals surface area (Å²) in [5.41, 5.74) is 1.80. The van der Waals surface area contributed by atoms with Gasteiger partial charge in [0, 0.05) is 11.3 Å². The molecule has 0 fully saturated rings. The molecule has 0 bridgehead atoms. The summed E-state index contributed by atoms with van der Waals surface area (Å²) >= 11 is 0. The summed E-state index contributed by atoms with van der Waals surface area (Å²) in [4.78, 5) is 23.8. The second kappa shape index (κ2) is 3.70. The van der Waals surface area contributed by atoms with Crippen LogP contribution in [-0.2, 0) is 19.7 Å². The molecule has 1 aromatic carbocycles. The lowest BCUT2D eigenvalue weighted by molar-refractivity contribution is -0.136. The fourth-order valence-corrected chi connectivity index (χ4v) is 2.81. The van der Waals surface area contributed by atoms with Gasteiger partial charge in [-0.3, -0.25) is 4.79 Å². The minimum atomic E-state index is -0.611. The van der Waals surface area contributed by atoms with Crippen LogP contribution >= 0.6 is 0 Å². The zero-order valence-corrected chi connectivity index (χ0v) is 10.0. The second-order valence-corrected chi connectivity index (χ2v) is 4.68. The van der Waals surface area contributed by atoms with Gasteiger partial charge in [0.05, 0.1) is 12.5 Å². The van der Waals surface area contributed by atoms with Crippen LogP contribution in [-0.4, -0.2) is 19.0 Å². The number of amides is 1. The number of carbonyl (C=O) groups is 2. The third-order valence-electron chi connectivity index (χ3n) is 3.76. The lowest BCUT2D eigenvalue weighted by Gasteiger charge is -2.21. The molecular weight excluding hydrogens is 230 g/mol. The number of methoxy groups -OCH3 is 1. The number of esters is 1. The largest absolute Gasteiger partial charge is 0.466 e. The lowest BCUT2D eigenvalue weighted by atomic mass is 9.78. The number of hydrogen-bond acceptors (Lipinski definition) is 3. The van der Waals surface area contributed by atoms with Gasteiger partial charge >= 0.3 is 5.97 Å². The molecule has 3 rings (SSSR count). The van der Waals surface area contributed by atoms with E-state index in [9.17, 15) is 9.59 Å². The third kappa shape index (κ3) is 1.32. The molecule has 4 heteroatoms. The van der Waals surface area contributed by atoms with Gasteiger partial charge in [-0.25, -0.2) is 4.79 Å². The number of rotatable bonds is 1. The predicted molar refractivity (Wildman–Crippen MR) is 66.1 cm³/mol. The molecule has 18 heavy (non-hydrogen) atoms. The van der Waals surface area contributed by atoms with E-state index < -0.39 is 5.41 Å². The molecule has 0 aromatic heterocycles. The first kappa shape index (κ1) is 11.0. The Morgan fingerprint density at radius 1 is 1.39 bits per heavy atom. The summed E-state index contributed by atoms with van der Waals surface area (Å²) in [7, 11) is 1.36. The zero-order valence-electron chi connectivity index (χ0n) is 10.0. The van der Waals surface area contributed by atoms with Crippen LogP contribution in [0.25, 0.3) is 0 Å². The Kier molecular flexibility index (Phi) is 2.26. The first-order chi connectivity index (χ1) is 8.67. The average molecular weight is 243 g/mol. The van der Waals surface area contributed by atoms with Crippen molar-refractivity contribution in [1.82, 2.24) is 0 Å². The first-order valence-electron chi connectivity index (χ1n) is 5.86. The van der Waals surface area contributed by atoms with E-state index in [0.29, 0.717) is 18.4 Å². The smallest absolute Gasteiger partial charge is 0.333 e. The van der Waals surface area contributed by atoms with Crippen molar-refractivity contribution in [3.05, 3.63) is 41.5 Å². The molecule has 1 N–H and O–H groups in total. The van der Waals surface area contributed by atoms with E-state index in [1.165, 1.54) is 7.11 Å². The molecule has 1 spiro atoms. The van der Waals surface area contributed by atoms with Crippen LogP contribution < -0.4 is 5.32 Å². The maximum Gasteiger partial charge on any atom is 0.333 e. The van der Waals surface area contributed by atoms with Gasteiger partial charge in [-0.1, -0.05) is 24.3 Å². The molecule has 0 unspecified atom stereocenters. The fourth-order valence-electron chi connectivity index (χ4n) is 2.81. The minimum absolute atomic E-state index is 0.0288. The minimum Gasteiger partial charge on any atom is -0.466 e. The maximum atomic E-state index is 12.2. The highest BCUT2D eigenvalue weighted by Crippen LogP contribution is 2.48. The van der Waals surface area contributed by atoms with Crippen LogP contribution in [0, 0.1) is 0 Å². The van der Waals surface area contributed by atoms with Gasteiger partial charge in [0.2, 0.25) is 5.91 Å². The molecule has 1 atom stereocenters. The molecule has 1 amide bonds.